The second-order valence-corrected chi connectivity index (χ2v) is 6.91. The lowest BCUT2D eigenvalue weighted by atomic mass is 9.93. The van der Waals surface area contributed by atoms with E-state index in [4.69, 9.17) is 9.26 Å². The molecule has 3 aromatic rings. The van der Waals surface area contributed by atoms with Crippen LogP contribution in [0.5, 0.6) is 11.6 Å². The normalized spacial score (nSPS) is 14.8. The molecule has 7 nitrogen and oxygen atoms in total. The lowest BCUT2D eigenvalue weighted by molar-refractivity contribution is 0.0669. The highest BCUT2D eigenvalue weighted by Crippen LogP contribution is 2.34. The quantitative estimate of drug-likeness (QED) is 0.649. The van der Waals surface area contributed by atoms with Gasteiger partial charge in [0, 0.05) is 43.5 Å². The number of carbonyl (C=O) groups excluding carboxylic acids is 1. The van der Waals surface area contributed by atoms with Crippen molar-refractivity contribution in [3.63, 3.8) is 0 Å². The van der Waals surface area contributed by atoms with Crippen LogP contribution in [0.1, 0.15) is 47.6 Å². The standard InChI is InChI=1S/C21H21FN4O3/c1-2-16-13-18(29-25-16)21(27)26-10-6-14(7-11-26)19-20(24-9-8-23-19)28-17-5-3-4-15(22)12-17/h3-5,8-9,12-14H,2,6-7,10-11H2,1H3. The van der Waals surface area contributed by atoms with Crippen LogP contribution in [-0.4, -0.2) is 39.0 Å². The van der Waals surface area contributed by atoms with Crippen molar-refractivity contribution in [2.24, 2.45) is 0 Å². The maximum atomic E-state index is 13.4. The van der Waals surface area contributed by atoms with Crippen molar-refractivity contribution in [1.29, 1.82) is 0 Å². The fraction of sp³-hybridized carbons (Fsp3) is 0.333. The molecule has 2 aromatic heterocycles. The first-order chi connectivity index (χ1) is 14.1. The molecule has 0 bridgehead atoms. The van der Waals surface area contributed by atoms with E-state index in [1.807, 2.05) is 6.92 Å². The van der Waals surface area contributed by atoms with Crippen molar-refractivity contribution >= 4 is 5.91 Å². The van der Waals surface area contributed by atoms with Gasteiger partial charge >= 0.3 is 0 Å². The van der Waals surface area contributed by atoms with Gasteiger partial charge < -0.3 is 14.2 Å². The van der Waals surface area contributed by atoms with Gasteiger partial charge in [-0.25, -0.2) is 9.37 Å². The molecule has 1 aliphatic rings. The fourth-order valence-corrected chi connectivity index (χ4v) is 3.43. The van der Waals surface area contributed by atoms with Gasteiger partial charge in [-0.05, 0) is 31.4 Å². The van der Waals surface area contributed by atoms with Crippen LogP contribution in [0.25, 0.3) is 0 Å². The number of aryl methyl sites for hydroxylation is 1. The molecule has 0 atom stereocenters. The summed E-state index contributed by atoms with van der Waals surface area (Å²) in [6.07, 6.45) is 5.33. The Bertz CT molecular complexity index is 999. The third-order valence-corrected chi connectivity index (χ3v) is 5.00. The number of carbonyl (C=O) groups is 1. The average Bonchev–Trinajstić information content (AvgIpc) is 3.23. The van der Waals surface area contributed by atoms with Gasteiger partial charge in [-0.1, -0.05) is 18.1 Å². The van der Waals surface area contributed by atoms with E-state index in [1.165, 1.54) is 12.1 Å². The Hall–Kier alpha value is -3.29. The first kappa shape index (κ1) is 19.0. The molecule has 4 rings (SSSR count). The Balaban J connectivity index is 1.44. The topological polar surface area (TPSA) is 81.4 Å². The highest BCUT2D eigenvalue weighted by atomic mass is 19.1. The van der Waals surface area contributed by atoms with Crippen LogP contribution >= 0.6 is 0 Å². The van der Waals surface area contributed by atoms with Crippen molar-refractivity contribution in [2.45, 2.75) is 32.1 Å². The van der Waals surface area contributed by atoms with E-state index in [2.05, 4.69) is 15.1 Å². The maximum Gasteiger partial charge on any atom is 0.292 e. The Morgan fingerprint density at radius 2 is 2.03 bits per heavy atom. The minimum atomic E-state index is -0.376. The lowest BCUT2D eigenvalue weighted by Gasteiger charge is -2.31. The second-order valence-electron chi connectivity index (χ2n) is 6.91. The SMILES string of the molecule is CCc1cc(C(=O)N2CCC(c3nccnc3Oc3cccc(F)c3)CC2)on1. The second kappa shape index (κ2) is 8.38. The molecule has 8 heteroatoms. The lowest BCUT2D eigenvalue weighted by Crippen LogP contribution is -2.38. The highest BCUT2D eigenvalue weighted by Gasteiger charge is 2.29. The molecule has 1 amide bonds. The molecule has 0 saturated carbocycles. The molecule has 0 aliphatic carbocycles. The number of rotatable bonds is 5. The van der Waals surface area contributed by atoms with Crippen molar-refractivity contribution in [1.82, 2.24) is 20.0 Å². The Morgan fingerprint density at radius 3 is 2.76 bits per heavy atom. The summed E-state index contributed by atoms with van der Waals surface area (Å²) < 4.78 is 24.4. The number of halogens is 1. The van der Waals surface area contributed by atoms with E-state index in [1.54, 1.807) is 35.5 Å². The first-order valence-corrected chi connectivity index (χ1v) is 9.63. The molecule has 0 N–H and O–H groups in total. The van der Waals surface area contributed by atoms with Gasteiger partial charge in [-0.15, -0.1) is 0 Å². The van der Waals surface area contributed by atoms with Crippen molar-refractivity contribution in [3.05, 3.63) is 65.7 Å². The third kappa shape index (κ3) is 4.26. The van der Waals surface area contributed by atoms with Crippen LogP contribution in [0.4, 0.5) is 4.39 Å². The van der Waals surface area contributed by atoms with Gasteiger partial charge in [0.1, 0.15) is 17.3 Å². The van der Waals surface area contributed by atoms with Crippen LogP contribution in [0.3, 0.4) is 0 Å². The number of aromatic nitrogens is 3. The molecule has 0 radical (unpaired) electrons. The number of amides is 1. The minimum Gasteiger partial charge on any atom is -0.437 e. The number of hydrogen-bond donors (Lipinski definition) is 0. The number of ether oxygens (including phenoxy) is 1. The molecular weight excluding hydrogens is 375 g/mol. The van der Waals surface area contributed by atoms with Gasteiger partial charge in [0.2, 0.25) is 11.6 Å². The number of hydrogen-bond acceptors (Lipinski definition) is 6. The van der Waals surface area contributed by atoms with Gasteiger partial charge in [0.05, 0.1) is 5.69 Å². The summed E-state index contributed by atoms with van der Waals surface area (Å²) in [4.78, 5) is 23.1. The summed E-state index contributed by atoms with van der Waals surface area (Å²) in [7, 11) is 0. The van der Waals surface area contributed by atoms with E-state index in [-0.39, 0.29) is 23.4 Å². The van der Waals surface area contributed by atoms with E-state index < -0.39 is 0 Å². The van der Waals surface area contributed by atoms with E-state index in [0.717, 1.165) is 30.7 Å². The predicted molar refractivity (Wildman–Crippen MR) is 102 cm³/mol. The Morgan fingerprint density at radius 1 is 1.24 bits per heavy atom. The Kier molecular flexibility index (Phi) is 5.50. The Labute approximate surface area is 167 Å². The molecule has 29 heavy (non-hydrogen) atoms. The smallest absolute Gasteiger partial charge is 0.292 e. The number of piperidine rings is 1. The number of likely N-dealkylation sites (tertiary alicyclic amines) is 1. The summed E-state index contributed by atoms with van der Waals surface area (Å²) >= 11 is 0. The molecule has 3 heterocycles. The fourth-order valence-electron chi connectivity index (χ4n) is 3.43. The summed E-state index contributed by atoms with van der Waals surface area (Å²) in [5, 5.41) is 3.89. The molecular formula is C21H21FN4O3. The maximum absolute atomic E-state index is 13.4. The van der Waals surface area contributed by atoms with E-state index in [9.17, 15) is 9.18 Å². The molecule has 0 unspecified atom stereocenters. The molecule has 1 aromatic carbocycles. The monoisotopic (exact) mass is 396 g/mol. The van der Waals surface area contributed by atoms with Crippen LogP contribution in [0.15, 0.2) is 47.2 Å². The highest BCUT2D eigenvalue weighted by molar-refractivity contribution is 5.91. The van der Waals surface area contributed by atoms with Gasteiger partial charge in [0.25, 0.3) is 5.91 Å². The van der Waals surface area contributed by atoms with E-state index >= 15 is 0 Å². The third-order valence-electron chi connectivity index (χ3n) is 5.00. The number of benzene rings is 1. The van der Waals surface area contributed by atoms with Crippen LogP contribution in [-0.2, 0) is 6.42 Å². The first-order valence-electron chi connectivity index (χ1n) is 9.63. The molecule has 1 aliphatic heterocycles. The van der Waals surface area contributed by atoms with Crippen LogP contribution in [0.2, 0.25) is 0 Å². The van der Waals surface area contributed by atoms with Crippen molar-refractivity contribution in [2.75, 3.05) is 13.1 Å². The molecule has 1 fully saturated rings. The van der Waals surface area contributed by atoms with Gasteiger partial charge in [-0.2, -0.15) is 0 Å². The molecule has 0 spiro atoms. The molecule has 150 valence electrons. The minimum absolute atomic E-state index is 0.0947. The van der Waals surface area contributed by atoms with Gasteiger partial charge in [0.15, 0.2) is 0 Å². The number of nitrogens with zero attached hydrogens (tertiary/aromatic N) is 4. The zero-order valence-corrected chi connectivity index (χ0v) is 16.0. The summed E-state index contributed by atoms with van der Waals surface area (Å²) in [6, 6.07) is 7.61. The summed E-state index contributed by atoms with van der Waals surface area (Å²) in [5.74, 6) is 0.582. The average molecular weight is 396 g/mol. The summed E-state index contributed by atoms with van der Waals surface area (Å²) in [6.45, 7) is 3.10. The van der Waals surface area contributed by atoms with Crippen molar-refractivity contribution < 1.29 is 18.4 Å². The predicted octanol–water partition coefficient (Wildman–Crippen LogP) is 3.98. The zero-order valence-electron chi connectivity index (χ0n) is 16.0. The summed E-state index contributed by atoms with van der Waals surface area (Å²) in [5.41, 5.74) is 1.48. The van der Waals surface area contributed by atoms with Crippen molar-refractivity contribution in [3.8, 4) is 11.6 Å². The van der Waals surface area contributed by atoms with Gasteiger partial charge in [-0.3, -0.25) is 9.78 Å². The largest absolute Gasteiger partial charge is 0.437 e. The molecule has 1 saturated heterocycles. The zero-order chi connectivity index (χ0) is 20.2. The van der Waals surface area contributed by atoms with Crippen LogP contribution in [0, 0.1) is 5.82 Å². The van der Waals surface area contributed by atoms with E-state index in [0.29, 0.717) is 24.7 Å². The van der Waals surface area contributed by atoms with Crippen LogP contribution < -0.4 is 4.74 Å².